The first-order chi connectivity index (χ1) is 2.00. The molecule has 0 aromatic carbocycles. The predicted octanol–water partition coefficient (Wildman–Crippen LogP) is -16.7. The molecule has 0 nitrogen and oxygen atoms in total. The summed E-state index contributed by atoms with van der Waals surface area (Å²) in [5, 5.41) is 0. The Kier molecular flexibility index (Phi) is 99.8. The standard InChI is InChI=1S/3Cs.7FH.Pb/h;;;7*1H;/q3*+1;;;;;;;;+4/p-7. The van der Waals surface area contributed by atoms with Crippen LogP contribution in [-0.4, -0.2) is 23.7 Å². The number of rotatable bonds is 0. The van der Waals surface area contributed by atoms with E-state index in [2.05, 4.69) is 0 Å². The molecule has 0 spiro atoms. The summed E-state index contributed by atoms with van der Waals surface area (Å²) in [4.78, 5) is 0. The Hall–Kier alpha value is 6.59. The van der Waals surface area contributed by atoms with E-state index in [9.17, 15) is 10.0 Å². The molecule has 0 saturated heterocycles. The van der Waals surface area contributed by atoms with E-state index in [0.717, 1.165) is 0 Å². The molecule has 0 saturated carbocycles. The third-order valence-electron chi connectivity index (χ3n) is 0. The van der Waals surface area contributed by atoms with Crippen molar-refractivity contribution in [1.29, 1.82) is 0 Å². The van der Waals surface area contributed by atoms with Crippen LogP contribution in [0, 0.1) is 0 Å². The van der Waals surface area contributed by atoms with E-state index in [1.54, 1.807) is 0 Å². The van der Waals surface area contributed by atoms with Crippen molar-refractivity contribution in [1.82, 2.24) is 0 Å². The van der Waals surface area contributed by atoms with Crippen molar-refractivity contribution in [3.8, 4) is 0 Å². The molecule has 0 aliphatic rings. The second-order valence-corrected chi connectivity index (χ2v) is 3.76. The summed E-state index contributed by atoms with van der Waals surface area (Å²) in [5.41, 5.74) is 0. The van der Waals surface area contributed by atoms with Crippen molar-refractivity contribution < 1.29 is 231 Å². The number of halogens is 7. The minimum absolute atomic E-state index is 0. The van der Waals surface area contributed by atoms with Gasteiger partial charge in [-0.1, -0.05) is 0 Å². The molecule has 0 aliphatic carbocycles. The fourth-order valence-corrected chi connectivity index (χ4v) is 0. The number of hydrogen-bond acceptors (Lipinski definition) is 0. The van der Waals surface area contributed by atoms with Gasteiger partial charge < -0.3 is 14.1 Å². The summed E-state index contributed by atoms with van der Waals surface area (Å²) >= 11 is -7.28. The van der Waals surface area contributed by atoms with Crippen molar-refractivity contribution in [3.63, 3.8) is 0 Å². The van der Waals surface area contributed by atoms with Crippen LogP contribution in [0.25, 0.3) is 0 Å². The van der Waals surface area contributed by atoms with E-state index in [4.69, 9.17) is 0 Å². The summed E-state index contributed by atoms with van der Waals surface area (Å²) in [6.07, 6.45) is 0. The van der Waals surface area contributed by atoms with E-state index in [-0.39, 0.29) is 221 Å². The van der Waals surface area contributed by atoms with Crippen LogP contribution in [0.2, 0.25) is 0 Å². The molecule has 0 aromatic heterocycles. The molecule has 11 heteroatoms. The first-order valence-electron chi connectivity index (χ1n) is 0.756. The van der Waals surface area contributed by atoms with Crippen LogP contribution in [0.1, 0.15) is 0 Å². The van der Waals surface area contributed by atoms with Crippen LogP contribution in [0.3, 0.4) is 0 Å². The minimum atomic E-state index is -7.28. The zero-order valence-electron chi connectivity index (χ0n) is 6.15. The van der Waals surface area contributed by atoms with Gasteiger partial charge in [0, 0.05) is 0 Å². The molecule has 0 fully saturated rings. The fraction of sp³-hybridized carbons (Fsp3) is 0. The summed E-state index contributed by atoms with van der Waals surface area (Å²) in [6, 6.07) is 0. The molecule has 0 unspecified atom stereocenters. The van der Waals surface area contributed by atoms with Crippen molar-refractivity contribution in [2.75, 3.05) is 0 Å². The summed E-state index contributed by atoms with van der Waals surface area (Å²) in [6.45, 7) is 0. The normalized spacial score (nSPS) is 5.45. The maximum absolute atomic E-state index is 9.91. The first kappa shape index (κ1) is 43.2. The summed E-state index contributed by atoms with van der Waals surface area (Å²) < 4.78 is 39.6. The van der Waals surface area contributed by atoms with E-state index < -0.39 is 23.7 Å². The molecule has 0 atom stereocenters. The van der Waals surface area contributed by atoms with E-state index in [1.807, 2.05) is 0 Å². The van der Waals surface area contributed by atoms with Gasteiger partial charge in [-0.05, 0) is 0 Å². The van der Waals surface area contributed by atoms with Crippen LogP contribution in [-0.2, 0) is 0 Å². The molecule has 11 heavy (non-hydrogen) atoms. The van der Waals surface area contributed by atoms with Gasteiger partial charge in [0.25, 0.3) is 0 Å². The maximum atomic E-state index is 9.91. The third kappa shape index (κ3) is 81.3. The molecule has 0 radical (unpaired) electrons. The molecule has 56 valence electrons. The van der Waals surface area contributed by atoms with Gasteiger partial charge in [0.1, 0.15) is 0 Å². The Morgan fingerprint density at radius 2 is 0.545 bits per heavy atom. The molecular weight excluding hydrogens is 739 g/mol. The van der Waals surface area contributed by atoms with E-state index >= 15 is 0 Å². The molecular formula is Cs3F7Pb. The molecule has 0 heterocycles. The summed E-state index contributed by atoms with van der Waals surface area (Å²) in [5.74, 6) is 0. The number of hydrogen-bond donors (Lipinski definition) is 0. The average molecular weight is 739 g/mol. The Morgan fingerprint density at radius 1 is 0.545 bits per heavy atom. The first-order valence-corrected chi connectivity index (χ1v) is 6.63. The van der Waals surface area contributed by atoms with Crippen molar-refractivity contribution in [3.05, 3.63) is 0 Å². The Bertz CT molecular complexity index is 29.2. The Morgan fingerprint density at radius 3 is 0.545 bits per heavy atom. The SMILES string of the molecule is [Cs+].[Cs+].[Cs+].[F-].[F-].[F-].[F][Pb]([F])([F])[F]. The van der Waals surface area contributed by atoms with Crippen LogP contribution >= 0.6 is 0 Å². The van der Waals surface area contributed by atoms with Gasteiger partial charge in [-0.3, -0.25) is 0 Å². The van der Waals surface area contributed by atoms with Gasteiger partial charge in [0.15, 0.2) is 0 Å². The zero-order valence-corrected chi connectivity index (χ0v) is 28.9. The molecule has 0 aliphatic heterocycles. The van der Waals surface area contributed by atoms with E-state index in [0.29, 0.717) is 0 Å². The fourth-order valence-electron chi connectivity index (χ4n) is 0. The predicted molar refractivity (Wildman–Crippen MR) is 10.2 cm³/mol. The molecule has 0 aromatic rings. The van der Waals surface area contributed by atoms with Crippen molar-refractivity contribution in [2.45, 2.75) is 0 Å². The third-order valence-corrected chi connectivity index (χ3v) is 0. The Labute approximate surface area is 244 Å². The second kappa shape index (κ2) is 25.4. The van der Waals surface area contributed by atoms with Crippen LogP contribution in [0.15, 0.2) is 0 Å². The van der Waals surface area contributed by atoms with Crippen molar-refractivity contribution >= 4 is 23.7 Å². The van der Waals surface area contributed by atoms with Crippen LogP contribution in [0.5, 0.6) is 0 Å². The molecule has 0 bridgehead atoms. The molecule has 0 N–H and O–H groups in total. The zero-order chi connectivity index (χ0) is 4.50. The molecule has 0 amide bonds. The summed E-state index contributed by atoms with van der Waals surface area (Å²) in [7, 11) is 0. The van der Waals surface area contributed by atoms with Gasteiger partial charge in [-0.15, -0.1) is 0 Å². The monoisotopic (exact) mass is 740 g/mol. The van der Waals surface area contributed by atoms with Crippen molar-refractivity contribution in [2.24, 2.45) is 0 Å². The van der Waals surface area contributed by atoms with Gasteiger partial charge >= 0.3 is 240 Å². The Balaban J connectivity index is -0.00000000533. The van der Waals surface area contributed by atoms with Gasteiger partial charge in [0.05, 0.1) is 0 Å². The van der Waals surface area contributed by atoms with Gasteiger partial charge in [-0.2, -0.15) is 0 Å². The van der Waals surface area contributed by atoms with Crippen LogP contribution in [0.4, 0.5) is 10.0 Å². The molecule has 0 rings (SSSR count). The van der Waals surface area contributed by atoms with Gasteiger partial charge in [0.2, 0.25) is 0 Å². The van der Waals surface area contributed by atoms with E-state index in [1.165, 1.54) is 0 Å². The average Bonchev–Trinajstić information content (AvgIpc) is 0.722. The van der Waals surface area contributed by atoms with Crippen LogP contribution < -0.4 is 221 Å². The quantitative estimate of drug-likeness (QED) is 0.171. The second-order valence-electron chi connectivity index (χ2n) is 0.429. The van der Waals surface area contributed by atoms with Gasteiger partial charge in [-0.25, -0.2) is 0 Å². The topological polar surface area (TPSA) is 0 Å².